The van der Waals surface area contributed by atoms with Gasteiger partial charge in [0.05, 0.1) is 12.8 Å². The first kappa shape index (κ1) is 8.69. The summed E-state index contributed by atoms with van der Waals surface area (Å²) in [7, 11) is 1.61. The molecule has 0 aliphatic heterocycles. The second kappa shape index (κ2) is 3.46. The summed E-state index contributed by atoms with van der Waals surface area (Å²) in [6.07, 6.45) is 3.80. The first-order valence-corrected chi connectivity index (χ1v) is 4.31. The highest BCUT2D eigenvalue weighted by Gasteiger charge is 2.04. The van der Waals surface area contributed by atoms with Gasteiger partial charge in [0.2, 0.25) is 0 Å². The van der Waals surface area contributed by atoms with Gasteiger partial charge in [-0.2, -0.15) is 0 Å². The molecule has 0 amide bonds. The van der Waals surface area contributed by atoms with Gasteiger partial charge in [-0.15, -0.1) is 0 Å². The molecule has 0 spiro atoms. The van der Waals surface area contributed by atoms with Crippen molar-refractivity contribution in [1.82, 2.24) is 4.57 Å². The molecule has 0 atom stereocenters. The van der Waals surface area contributed by atoms with Crippen molar-refractivity contribution in [3.8, 4) is 17.2 Å². The Hall–Kier alpha value is -1.90. The van der Waals surface area contributed by atoms with Crippen LogP contribution in [0.2, 0.25) is 0 Å². The van der Waals surface area contributed by atoms with E-state index in [4.69, 9.17) is 4.74 Å². The number of ether oxygens (including phenoxy) is 1. The summed E-state index contributed by atoms with van der Waals surface area (Å²) >= 11 is 0. The van der Waals surface area contributed by atoms with Gasteiger partial charge in [0.25, 0.3) is 0 Å². The molecule has 14 heavy (non-hydrogen) atoms. The lowest BCUT2D eigenvalue weighted by Gasteiger charge is -2.09. The summed E-state index contributed by atoms with van der Waals surface area (Å²) in [5.41, 5.74) is 0.831. The SMILES string of the molecule is COc1ccc(O)cc1-n1cccc1. The van der Waals surface area contributed by atoms with Crippen molar-refractivity contribution < 1.29 is 9.84 Å². The van der Waals surface area contributed by atoms with E-state index >= 15 is 0 Å². The zero-order chi connectivity index (χ0) is 9.97. The molecular weight excluding hydrogens is 178 g/mol. The molecule has 2 rings (SSSR count). The Morgan fingerprint density at radius 3 is 2.57 bits per heavy atom. The molecule has 0 unspecified atom stereocenters. The number of benzene rings is 1. The van der Waals surface area contributed by atoms with E-state index in [2.05, 4.69) is 0 Å². The fraction of sp³-hybridized carbons (Fsp3) is 0.0909. The van der Waals surface area contributed by atoms with Crippen LogP contribution in [0.1, 0.15) is 0 Å². The lowest BCUT2D eigenvalue weighted by atomic mass is 10.2. The maximum atomic E-state index is 9.36. The average molecular weight is 189 g/mol. The summed E-state index contributed by atoms with van der Waals surface area (Å²) in [5.74, 6) is 0.966. The van der Waals surface area contributed by atoms with Crippen LogP contribution in [-0.4, -0.2) is 16.8 Å². The highest BCUT2D eigenvalue weighted by Crippen LogP contribution is 2.26. The third kappa shape index (κ3) is 1.44. The van der Waals surface area contributed by atoms with Crippen molar-refractivity contribution in [2.75, 3.05) is 7.11 Å². The van der Waals surface area contributed by atoms with E-state index in [1.165, 1.54) is 0 Å². The molecule has 3 nitrogen and oxygen atoms in total. The van der Waals surface area contributed by atoms with E-state index < -0.39 is 0 Å². The summed E-state index contributed by atoms with van der Waals surface area (Å²) in [6, 6.07) is 8.85. The van der Waals surface area contributed by atoms with Gasteiger partial charge in [0.1, 0.15) is 11.5 Å². The highest BCUT2D eigenvalue weighted by molar-refractivity contribution is 5.51. The molecule has 0 fully saturated rings. The number of methoxy groups -OCH3 is 1. The Morgan fingerprint density at radius 1 is 1.21 bits per heavy atom. The van der Waals surface area contributed by atoms with Crippen molar-refractivity contribution >= 4 is 0 Å². The van der Waals surface area contributed by atoms with Gasteiger partial charge in [-0.3, -0.25) is 0 Å². The lowest BCUT2D eigenvalue weighted by Crippen LogP contribution is -1.94. The van der Waals surface area contributed by atoms with Crippen LogP contribution in [-0.2, 0) is 0 Å². The zero-order valence-electron chi connectivity index (χ0n) is 7.84. The average Bonchev–Trinajstić information content (AvgIpc) is 2.70. The molecule has 0 saturated heterocycles. The van der Waals surface area contributed by atoms with Crippen LogP contribution in [0.4, 0.5) is 0 Å². The van der Waals surface area contributed by atoms with Crippen LogP contribution in [0.15, 0.2) is 42.7 Å². The second-order valence-electron chi connectivity index (χ2n) is 2.95. The molecule has 0 aliphatic carbocycles. The predicted octanol–water partition coefficient (Wildman–Crippen LogP) is 2.19. The Balaban J connectivity index is 2.55. The molecule has 0 aliphatic rings. The van der Waals surface area contributed by atoms with Crippen LogP contribution in [0.5, 0.6) is 11.5 Å². The Kier molecular flexibility index (Phi) is 2.14. The van der Waals surface area contributed by atoms with Crippen molar-refractivity contribution in [3.05, 3.63) is 42.7 Å². The van der Waals surface area contributed by atoms with Gasteiger partial charge in [-0.05, 0) is 24.3 Å². The van der Waals surface area contributed by atoms with Crippen molar-refractivity contribution in [3.63, 3.8) is 0 Å². The van der Waals surface area contributed by atoms with Crippen LogP contribution in [0, 0.1) is 0 Å². The van der Waals surface area contributed by atoms with E-state index in [0.717, 1.165) is 11.4 Å². The molecule has 1 aromatic heterocycles. The first-order valence-electron chi connectivity index (χ1n) is 4.31. The summed E-state index contributed by atoms with van der Waals surface area (Å²) < 4.78 is 7.08. The highest BCUT2D eigenvalue weighted by atomic mass is 16.5. The molecular formula is C11H11NO2. The number of hydrogen-bond donors (Lipinski definition) is 1. The largest absolute Gasteiger partial charge is 0.508 e. The van der Waals surface area contributed by atoms with E-state index in [-0.39, 0.29) is 5.75 Å². The Morgan fingerprint density at radius 2 is 1.93 bits per heavy atom. The predicted molar refractivity (Wildman–Crippen MR) is 54.0 cm³/mol. The topological polar surface area (TPSA) is 34.4 Å². The third-order valence-corrected chi connectivity index (χ3v) is 2.05. The monoisotopic (exact) mass is 189 g/mol. The number of phenolic OH excluding ortho intramolecular Hbond substituents is 1. The van der Waals surface area contributed by atoms with E-state index in [1.54, 1.807) is 25.3 Å². The van der Waals surface area contributed by atoms with Crippen LogP contribution in [0.25, 0.3) is 5.69 Å². The molecule has 0 radical (unpaired) electrons. The fourth-order valence-corrected chi connectivity index (χ4v) is 1.38. The van der Waals surface area contributed by atoms with Gasteiger partial charge < -0.3 is 14.4 Å². The number of hydrogen-bond acceptors (Lipinski definition) is 2. The maximum absolute atomic E-state index is 9.36. The lowest BCUT2D eigenvalue weighted by molar-refractivity contribution is 0.410. The van der Waals surface area contributed by atoms with Gasteiger partial charge >= 0.3 is 0 Å². The van der Waals surface area contributed by atoms with Gasteiger partial charge in [-0.1, -0.05) is 0 Å². The minimum atomic E-state index is 0.231. The quantitative estimate of drug-likeness (QED) is 0.785. The van der Waals surface area contributed by atoms with Gasteiger partial charge in [0.15, 0.2) is 0 Å². The third-order valence-electron chi connectivity index (χ3n) is 2.05. The molecule has 1 heterocycles. The fourth-order valence-electron chi connectivity index (χ4n) is 1.38. The van der Waals surface area contributed by atoms with E-state index in [0.29, 0.717) is 0 Å². The van der Waals surface area contributed by atoms with Crippen LogP contribution in [0.3, 0.4) is 0 Å². The number of aromatic nitrogens is 1. The van der Waals surface area contributed by atoms with Gasteiger partial charge in [-0.25, -0.2) is 0 Å². The summed E-state index contributed by atoms with van der Waals surface area (Å²) in [6.45, 7) is 0. The van der Waals surface area contributed by atoms with Crippen LogP contribution < -0.4 is 4.74 Å². The minimum Gasteiger partial charge on any atom is -0.508 e. The molecule has 1 aromatic carbocycles. The Bertz CT molecular complexity index is 421. The standard InChI is InChI=1S/C11H11NO2/c1-14-11-5-4-9(13)8-10(11)12-6-2-3-7-12/h2-8,13H,1H3. The number of nitrogens with zero attached hydrogens (tertiary/aromatic N) is 1. The Labute approximate surface area is 82.2 Å². The van der Waals surface area contributed by atoms with Crippen LogP contribution >= 0.6 is 0 Å². The van der Waals surface area contributed by atoms with Crippen molar-refractivity contribution in [1.29, 1.82) is 0 Å². The van der Waals surface area contributed by atoms with Gasteiger partial charge in [0, 0.05) is 18.5 Å². The smallest absolute Gasteiger partial charge is 0.143 e. The molecule has 0 saturated carbocycles. The van der Waals surface area contributed by atoms with Crippen molar-refractivity contribution in [2.45, 2.75) is 0 Å². The summed E-state index contributed by atoms with van der Waals surface area (Å²) in [5, 5.41) is 9.36. The second-order valence-corrected chi connectivity index (χ2v) is 2.95. The minimum absolute atomic E-state index is 0.231. The molecule has 2 aromatic rings. The molecule has 1 N–H and O–H groups in total. The van der Waals surface area contributed by atoms with Crippen molar-refractivity contribution in [2.24, 2.45) is 0 Å². The number of rotatable bonds is 2. The number of phenols is 1. The van der Waals surface area contributed by atoms with E-state index in [9.17, 15) is 5.11 Å². The first-order chi connectivity index (χ1) is 6.81. The zero-order valence-corrected chi connectivity index (χ0v) is 7.84. The normalized spacial score (nSPS) is 10.1. The van der Waals surface area contributed by atoms with E-state index in [1.807, 2.05) is 29.1 Å². The maximum Gasteiger partial charge on any atom is 0.143 e. The molecule has 0 bridgehead atoms. The molecule has 3 heteroatoms. The summed E-state index contributed by atoms with van der Waals surface area (Å²) in [4.78, 5) is 0. The number of aromatic hydroxyl groups is 1. The molecule has 72 valence electrons.